The zero-order valence-corrected chi connectivity index (χ0v) is 31.3. The number of benzene rings is 4. The number of aromatic nitrogens is 2. The molecule has 14 heteroatoms. The van der Waals surface area contributed by atoms with Gasteiger partial charge in [0.15, 0.2) is 0 Å². The number of para-hydroxylation sites is 2. The highest BCUT2D eigenvalue weighted by Gasteiger charge is 2.31. The van der Waals surface area contributed by atoms with Crippen molar-refractivity contribution in [2.24, 2.45) is 11.5 Å². The van der Waals surface area contributed by atoms with Gasteiger partial charge in [-0.25, -0.2) is 0 Å². The Labute approximate surface area is 328 Å². The second kappa shape index (κ2) is 18.1. The first-order chi connectivity index (χ1) is 27.4. The average Bonchev–Trinajstić information content (AvgIpc) is 3.82. The Bertz CT molecular complexity index is 2360. The van der Waals surface area contributed by atoms with E-state index in [0.29, 0.717) is 5.56 Å². The number of amides is 5. The molecular weight excluding hydrogens is 725 g/mol. The van der Waals surface area contributed by atoms with Crippen LogP contribution in [0.4, 0.5) is 0 Å². The van der Waals surface area contributed by atoms with Gasteiger partial charge in [-0.1, -0.05) is 78.9 Å². The second-order valence-corrected chi connectivity index (χ2v) is 14.1. The lowest BCUT2D eigenvalue weighted by Crippen LogP contribution is -2.59. The first kappa shape index (κ1) is 39.8. The summed E-state index contributed by atoms with van der Waals surface area (Å²) in [5.41, 5.74) is 16.7. The van der Waals surface area contributed by atoms with Gasteiger partial charge in [-0.05, 0) is 59.9 Å². The van der Waals surface area contributed by atoms with Crippen LogP contribution in [0.25, 0.3) is 21.8 Å². The van der Waals surface area contributed by atoms with Gasteiger partial charge in [0.05, 0.1) is 6.04 Å². The van der Waals surface area contributed by atoms with Crippen molar-refractivity contribution in [2.75, 3.05) is 0 Å². The molecule has 5 amide bonds. The van der Waals surface area contributed by atoms with E-state index in [-0.39, 0.29) is 31.4 Å². The molecule has 2 heterocycles. The number of rotatable bonds is 17. The van der Waals surface area contributed by atoms with Gasteiger partial charge in [-0.15, -0.1) is 0 Å². The van der Waals surface area contributed by atoms with Crippen molar-refractivity contribution in [3.8, 4) is 5.75 Å². The van der Waals surface area contributed by atoms with E-state index >= 15 is 0 Å². The second-order valence-electron chi connectivity index (χ2n) is 14.1. The zero-order chi connectivity index (χ0) is 40.5. The van der Waals surface area contributed by atoms with Gasteiger partial charge >= 0.3 is 0 Å². The molecule has 57 heavy (non-hydrogen) atoms. The number of aromatic amines is 2. The number of H-pyrrole nitrogens is 2. The normalized spacial score (nSPS) is 13.9. The first-order valence-electron chi connectivity index (χ1n) is 18.6. The fraction of sp³-hybridized carbons (Fsp3) is 0.233. The minimum Gasteiger partial charge on any atom is -0.508 e. The Morgan fingerprint density at radius 3 is 1.60 bits per heavy atom. The third-order valence-corrected chi connectivity index (χ3v) is 9.89. The van der Waals surface area contributed by atoms with E-state index in [1.165, 1.54) is 19.1 Å². The lowest BCUT2D eigenvalue weighted by atomic mass is 10.0. The first-order valence-corrected chi connectivity index (χ1v) is 18.6. The molecule has 294 valence electrons. The number of nitrogens with one attached hydrogen (secondary N) is 6. The van der Waals surface area contributed by atoms with Crippen LogP contribution in [0.15, 0.2) is 116 Å². The Morgan fingerprint density at radius 1 is 0.561 bits per heavy atom. The molecule has 0 fully saturated rings. The number of phenolic OH excluding ortho intramolecular Hbond substituents is 1. The monoisotopic (exact) mass is 770 g/mol. The van der Waals surface area contributed by atoms with Gasteiger partial charge in [-0.3, -0.25) is 24.0 Å². The molecule has 11 N–H and O–H groups in total. The molecule has 2 aromatic heterocycles. The lowest BCUT2D eigenvalue weighted by molar-refractivity contribution is -0.134. The SMILES string of the molecule is C[C@H](NC(=O)[C@H](Cc1c[nH]c2ccccc12)NC(=O)[C@H](N)Cc1ccc(O)cc1)C(=O)N[C@@H](Cc1c[nH]c2ccccc12)C(=O)N[C@H](Cc1ccccc1)C(N)=O. The Balaban J connectivity index is 1.19. The summed E-state index contributed by atoms with van der Waals surface area (Å²) in [5.74, 6) is -3.22. The van der Waals surface area contributed by atoms with Crippen LogP contribution in [0.3, 0.4) is 0 Å². The molecule has 4 aromatic carbocycles. The van der Waals surface area contributed by atoms with Crippen molar-refractivity contribution in [1.29, 1.82) is 0 Å². The van der Waals surface area contributed by atoms with E-state index in [0.717, 1.165) is 38.5 Å². The topological polar surface area (TPSA) is 237 Å². The van der Waals surface area contributed by atoms with E-state index in [1.54, 1.807) is 24.5 Å². The van der Waals surface area contributed by atoms with Crippen molar-refractivity contribution in [1.82, 2.24) is 31.2 Å². The number of carbonyl (C=O) groups excluding carboxylic acids is 5. The fourth-order valence-corrected chi connectivity index (χ4v) is 6.74. The number of carbonyl (C=O) groups is 5. The van der Waals surface area contributed by atoms with Crippen LogP contribution < -0.4 is 32.7 Å². The van der Waals surface area contributed by atoms with Crippen LogP contribution in [-0.2, 0) is 49.7 Å². The number of aromatic hydroxyl groups is 1. The van der Waals surface area contributed by atoms with E-state index < -0.39 is 59.7 Å². The third kappa shape index (κ3) is 10.2. The smallest absolute Gasteiger partial charge is 0.243 e. The maximum atomic E-state index is 14.0. The van der Waals surface area contributed by atoms with Crippen molar-refractivity contribution in [3.05, 3.63) is 138 Å². The summed E-state index contributed by atoms with van der Waals surface area (Å²) in [6.07, 6.45) is 3.93. The number of hydrogen-bond donors (Lipinski definition) is 9. The highest BCUT2D eigenvalue weighted by Crippen LogP contribution is 2.21. The maximum absolute atomic E-state index is 14.0. The van der Waals surface area contributed by atoms with Crippen LogP contribution in [0.2, 0.25) is 0 Å². The number of primary amides is 1. The van der Waals surface area contributed by atoms with Crippen LogP contribution in [-0.4, -0.2) is 74.8 Å². The summed E-state index contributed by atoms with van der Waals surface area (Å²) in [4.78, 5) is 74.0. The minimum atomic E-state index is -1.17. The molecule has 0 spiro atoms. The summed E-state index contributed by atoms with van der Waals surface area (Å²) in [7, 11) is 0. The molecule has 14 nitrogen and oxygen atoms in total. The van der Waals surface area contributed by atoms with Crippen molar-refractivity contribution >= 4 is 51.3 Å². The van der Waals surface area contributed by atoms with Crippen molar-refractivity contribution < 1.29 is 29.1 Å². The molecule has 5 atom stereocenters. The van der Waals surface area contributed by atoms with Gasteiger partial charge in [0.25, 0.3) is 0 Å². The Hall–Kier alpha value is -6.93. The van der Waals surface area contributed by atoms with Gasteiger partial charge in [0.1, 0.15) is 29.9 Å². The lowest BCUT2D eigenvalue weighted by Gasteiger charge is -2.25. The highest BCUT2D eigenvalue weighted by atomic mass is 16.3. The van der Waals surface area contributed by atoms with Gasteiger partial charge in [-0.2, -0.15) is 0 Å². The van der Waals surface area contributed by atoms with Gasteiger partial charge in [0.2, 0.25) is 29.5 Å². The summed E-state index contributed by atoms with van der Waals surface area (Å²) >= 11 is 0. The van der Waals surface area contributed by atoms with Crippen molar-refractivity contribution in [3.63, 3.8) is 0 Å². The van der Waals surface area contributed by atoms with E-state index in [1.807, 2.05) is 78.9 Å². The Kier molecular flexibility index (Phi) is 12.6. The van der Waals surface area contributed by atoms with Crippen LogP contribution >= 0.6 is 0 Å². The van der Waals surface area contributed by atoms with E-state index in [4.69, 9.17) is 11.5 Å². The minimum absolute atomic E-state index is 0.0528. The van der Waals surface area contributed by atoms with Gasteiger partial charge < -0.3 is 47.8 Å². The molecule has 0 saturated carbocycles. The molecule has 0 unspecified atom stereocenters. The molecule has 0 radical (unpaired) electrons. The molecule has 6 rings (SSSR count). The standard InChI is InChI=1S/C43H46N8O6/c1-25(48-42(56)37(21-28-23-46-34-13-7-5-11-31(28)34)51-41(55)33(44)19-27-15-17-30(52)18-16-27)40(54)50-38(22-29-24-47-35-14-8-6-12-32(29)35)43(57)49-36(39(45)53)20-26-9-3-2-4-10-26/h2-18,23-25,33,36-38,46-47,52H,19-22,44H2,1H3,(H2,45,53)(H,48,56)(H,49,57)(H,50,54)(H,51,55)/t25-,33+,36+,37-,38-/m0/s1. The number of phenols is 1. The zero-order valence-electron chi connectivity index (χ0n) is 31.3. The molecule has 0 saturated heterocycles. The number of fused-ring (bicyclic) bond motifs is 2. The summed E-state index contributed by atoms with van der Waals surface area (Å²) in [6, 6.07) is 24.9. The molecule has 0 aliphatic carbocycles. The summed E-state index contributed by atoms with van der Waals surface area (Å²) < 4.78 is 0. The third-order valence-electron chi connectivity index (χ3n) is 9.89. The van der Waals surface area contributed by atoms with Crippen LogP contribution in [0, 0.1) is 0 Å². The number of nitrogens with two attached hydrogens (primary N) is 2. The quantitative estimate of drug-likeness (QED) is 0.0671. The highest BCUT2D eigenvalue weighted by molar-refractivity contribution is 5.96. The molecule has 0 aliphatic rings. The molecule has 0 bridgehead atoms. The molecular formula is C43H46N8O6. The summed E-state index contributed by atoms with van der Waals surface area (Å²) in [6.45, 7) is 1.47. The molecule has 0 aliphatic heterocycles. The van der Waals surface area contributed by atoms with Crippen molar-refractivity contribution in [2.45, 2.75) is 62.8 Å². The van der Waals surface area contributed by atoms with E-state index in [9.17, 15) is 29.1 Å². The fourth-order valence-electron chi connectivity index (χ4n) is 6.74. The molecule has 6 aromatic rings. The van der Waals surface area contributed by atoms with Gasteiger partial charge in [0, 0.05) is 53.5 Å². The average molecular weight is 771 g/mol. The Morgan fingerprint density at radius 2 is 1.04 bits per heavy atom. The predicted molar refractivity (Wildman–Crippen MR) is 217 cm³/mol. The maximum Gasteiger partial charge on any atom is 0.243 e. The largest absolute Gasteiger partial charge is 0.508 e. The van der Waals surface area contributed by atoms with Crippen LogP contribution in [0.1, 0.15) is 29.2 Å². The number of hydrogen-bond acceptors (Lipinski definition) is 7. The van der Waals surface area contributed by atoms with Crippen LogP contribution in [0.5, 0.6) is 5.75 Å². The predicted octanol–water partition coefficient (Wildman–Crippen LogP) is 2.40. The van der Waals surface area contributed by atoms with E-state index in [2.05, 4.69) is 31.2 Å². The summed E-state index contributed by atoms with van der Waals surface area (Å²) in [5, 5.41) is 22.3.